The standard InChI is InChI=1S/C19H24N4O/c1-3-4-11-19(21-22-19)12-9-18(24)20-14-15(2)23-13-10-16-7-5-6-8-17(16)23/h1,5-8,15H,4,9-14H2,2H3,(H,20,24). The third-order valence-electron chi connectivity index (χ3n) is 4.85. The Morgan fingerprint density at radius 1 is 1.42 bits per heavy atom. The lowest BCUT2D eigenvalue weighted by Gasteiger charge is -2.27. The molecule has 24 heavy (non-hydrogen) atoms. The molecule has 0 bridgehead atoms. The maximum atomic E-state index is 12.1. The van der Waals surface area contributed by atoms with E-state index in [1.807, 2.05) is 0 Å². The van der Waals surface area contributed by atoms with Gasteiger partial charge in [0.2, 0.25) is 5.91 Å². The van der Waals surface area contributed by atoms with Crippen molar-refractivity contribution in [2.75, 3.05) is 18.0 Å². The van der Waals surface area contributed by atoms with Crippen LogP contribution in [0.1, 0.15) is 38.2 Å². The summed E-state index contributed by atoms with van der Waals surface area (Å²) in [5, 5.41) is 11.2. The minimum absolute atomic E-state index is 0.0618. The summed E-state index contributed by atoms with van der Waals surface area (Å²) in [5.74, 6) is 2.67. The summed E-state index contributed by atoms with van der Waals surface area (Å²) in [7, 11) is 0. The molecule has 0 spiro atoms. The van der Waals surface area contributed by atoms with Crippen LogP contribution in [0.25, 0.3) is 0 Å². The summed E-state index contributed by atoms with van der Waals surface area (Å²) in [6.45, 7) is 3.82. The first-order chi connectivity index (χ1) is 11.6. The van der Waals surface area contributed by atoms with Gasteiger partial charge in [-0.25, -0.2) is 0 Å². The fraction of sp³-hybridized carbons (Fsp3) is 0.526. The molecule has 5 heteroatoms. The SMILES string of the molecule is C#CCCC1(CCC(=O)NCC(C)N2CCc3ccccc32)N=N1. The summed E-state index contributed by atoms with van der Waals surface area (Å²) in [6, 6.07) is 8.77. The highest BCUT2D eigenvalue weighted by Crippen LogP contribution is 2.37. The lowest BCUT2D eigenvalue weighted by Crippen LogP contribution is -2.41. The number of amides is 1. The summed E-state index contributed by atoms with van der Waals surface area (Å²) in [4.78, 5) is 14.5. The number of carbonyl (C=O) groups excluding carboxylic acids is 1. The number of benzene rings is 1. The summed E-state index contributed by atoms with van der Waals surface area (Å²) >= 11 is 0. The van der Waals surface area contributed by atoms with Crippen LogP contribution >= 0.6 is 0 Å². The van der Waals surface area contributed by atoms with E-state index in [-0.39, 0.29) is 17.6 Å². The summed E-state index contributed by atoms with van der Waals surface area (Å²) in [6.07, 6.45) is 8.86. The van der Waals surface area contributed by atoms with Crippen LogP contribution < -0.4 is 10.2 Å². The zero-order chi connectivity index (χ0) is 17.0. The number of nitrogens with zero attached hydrogens (tertiary/aromatic N) is 3. The zero-order valence-electron chi connectivity index (χ0n) is 14.2. The van der Waals surface area contributed by atoms with Gasteiger partial charge in [-0.15, -0.1) is 12.3 Å². The molecule has 1 unspecified atom stereocenters. The van der Waals surface area contributed by atoms with Crippen molar-refractivity contribution in [2.45, 2.75) is 50.7 Å². The number of rotatable bonds is 8. The van der Waals surface area contributed by atoms with Gasteiger partial charge in [-0.2, -0.15) is 10.2 Å². The number of hydrogen-bond donors (Lipinski definition) is 1. The first-order valence-electron chi connectivity index (χ1n) is 8.62. The van der Waals surface area contributed by atoms with Crippen molar-refractivity contribution >= 4 is 11.6 Å². The Balaban J connectivity index is 1.41. The lowest BCUT2D eigenvalue weighted by atomic mass is 10.0. The average molecular weight is 324 g/mol. The third-order valence-corrected chi connectivity index (χ3v) is 4.85. The predicted octanol–water partition coefficient (Wildman–Crippen LogP) is 2.91. The summed E-state index contributed by atoms with van der Waals surface area (Å²) in [5.41, 5.74) is 2.31. The van der Waals surface area contributed by atoms with E-state index in [1.165, 1.54) is 11.3 Å². The number of carbonyl (C=O) groups is 1. The maximum Gasteiger partial charge on any atom is 0.220 e. The van der Waals surface area contributed by atoms with Gasteiger partial charge >= 0.3 is 0 Å². The number of fused-ring (bicyclic) bond motifs is 1. The molecular weight excluding hydrogens is 300 g/mol. The van der Waals surface area contributed by atoms with Gasteiger partial charge in [0.1, 0.15) is 0 Å². The van der Waals surface area contributed by atoms with Crippen LogP contribution in [0.2, 0.25) is 0 Å². The van der Waals surface area contributed by atoms with Gasteiger partial charge in [0.15, 0.2) is 5.66 Å². The molecular formula is C19H24N4O. The molecule has 1 atom stereocenters. The summed E-state index contributed by atoms with van der Waals surface area (Å²) < 4.78 is 0. The van der Waals surface area contributed by atoms with Crippen molar-refractivity contribution in [3.05, 3.63) is 29.8 Å². The molecule has 1 amide bonds. The number of hydrogen-bond acceptors (Lipinski definition) is 4. The van der Waals surface area contributed by atoms with Crippen molar-refractivity contribution < 1.29 is 4.79 Å². The van der Waals surface area contributed by atoms with E-state index in [0.717, 1.165) is 19.4 Å². The highest BCUT2D eigenvalue weighted by Gasteiger charge is 2.39. The first-order valence-corrected chi connectivity index (χ1v) is 8.62. The lowest BCUT2D eigenvalue weighted by molar-refractivity contribution is -0.121. The fourth-order valence-electron chi connectivity index (χ4n) is 3.26. The molecule has 126 valence electrons. The van der Waals surface area contributed by atoms with Crippen molar-refractivity contribution in [1.29, 1.82) is 0 Å². The molecule has 0 saturated heterocycles. The van der Waals surface area contributed by atoms with Crippen molar-refractivity contribution in [3.8, 4) is 12.3 Å². The molecule has 0 saturated carbocycles. The number of terminal acetylenes is 1. The number of nitrogens with one attached hydrogen (secondary N) is 1. The Morgan fingerprint density at radius 2 is 2.21 bits per heavy atom. The fourth-order valence-corrected chi connectivity index (χ4v) is 3.26. The Labute approximate surface area is 143 Å². The van der Waals surface area contributed by atoms with Gasteiger partial charge < -0.3 is 10.2 Å². The highest BCUT2D eigenvalue weighted by atomic mass is 16.1. The van der Waals surface area contributed by atoms with Crippen LogP contribution in [0.5, 0.6) is 0 Å². The second-order valence-electron chi connectivity index (χ2n) is 6.61. The van der Waals surface area contributed by atoms with E-state index >= 15 is 0 Å². The quantitative estimate of drug-likeness (QED) is 0.748. The minimum atomic E-state index is -0.372. The van der Waals surface area contributed by atoms with Gasteiger partial charge in [0.05, 0.1) is 0 Å². The molecule has 5 nitrogen and oxygen atoms in total. The molecule has 2 aliphatic heterocycles. The van der Waals surface area contributed by atoms with E-state index in [9.17, 15) is 4.79 Å². The van der Waals surface area contributed by atoms with Crippen LogP contribution in [0.15, 0.2) is 34.5 Å². The Morgan fingerprint density at radius 3 is 2.96 bits per heavy atom. The van der Waals surface area contributed by atoms with Crippen LogP contribution in [0.4, 0.5) is 5.69 Å². The maximum absolute atomic E-state index is 12.1. The predicted molar refractivity (Wildman–Crippen MR) is 94.9 cm³/mol. The second kappa shape index (κ2) is 7.04. The molecule has 2 heterocycles. The molecule has 2 aliphatic rings. The molecule has 0 fully saturated rings. The van der Waals surface area contributed by atoms with Gasteiger partial charge in [-0.1, -0.05) is 18.2 Å². The van der Waals surface area contributed by atoms with E-state index in [0.29, 0.717) is 25.8 Å². The van der Waals surface area contributed by atoms with E-state index < -0.39 is 0 Å². The van der Waals surface area contributed by atoms with Gasteiger partial charge in [-0.3, -0.25) is 4.79 Å². The molecule has 0 aromatic heterocycles. The molecule has 0 aliphatic carbocycles. The Hall–Kier alpha value is -2.35. The largest absolute Gasteiger partial charge is 0.366 e. The zero-order valence-corrected chi connectivity index (χ0v) is 14.2. The second-order valence-corrected chi connectivity index (χ2v) is 6.61. The van der Waals surface area contributed by atoms with E-state index in [2.05, 4.69) is 57.6 Å². The molecule has 3 rings (SSSR count). The van der Waals surface area contributed by atoms with E-state index in [4.69, 9.17) is 6.42 Å². The third kappa shape index (κ3) is 3.76. The van der Waals surface area contributed by atoms with Crippen LogP contribution in [0, 0.1) is 12.3 Å². The monoisotopic (exact) mass is 324 g/mol. The minimum Gasteiger partial charge on any atom is -0.366 e. The van der Waals surface area contributed by atoms with Gasteiger partial charge in [0.25, 0.3) is 0 Å². The average Bonchev–Trinajstić information content (AvgIpc) is 3.25. The normalized spacial score (nSPS) is 17.9. The first kappa shape index (κ1) is 16.5. The molecule has 1 aromatic rings. The van der Waals surface area contributed by atoms with Crippen molar-refractivity contribution in [1.82, 2.24) is 5.32 Å². The van der Waals surface area contributed by atoms with Crippen LogP contribution in [-0.4, -0.2) is 30.7 Å². The Bertz CT molecular complexity index is 670. The Kier molecular flexibility index (Phi) is 4.84. The number of para-hydroxylation sites is 1. The topological polar surface area (TPSA) is 57.1 Å². The van der Waals surface area contributed by atoms with Crippen LogP contribution in [0.3, 0.4) is 0 Å². The van der Waals surface area contributed by atoms with Crippen LogP contribution in [-0.2, 0) is 11.2 Å². The molecule has 1 N–H and O–H groups in total. The molecule has 0 radical (unpaired) electrons. The van der Waals surface area contributed by atoms with Gasteiger partial charge in [-0.05, 0) is 25.0 Å². The smallest absolute Gasteiger partial charge is 0.220 e. The van der Waals surface area contributed by atoms with Crippen molar-refractivity contribution in [2.24, 2.45) is 10.2 Å². The van der Waals surface area contributed by atoms with E-state index in [1.54, 1.807) is 0 Å². The number of anilines is 1. The van der Waals surface area contributed by atoms with Crippen molar-refractivity contribution in [3.63, 3.8) is 0 Å². The molecule has 1 aromatic carbocycles. The highest BCUT2D eigenvalue weighted by molar-refractivity contribution is 5.76. The van der Waals surface area contributed by atoms with Gasteiger partial charge in [0, 0.05) is 50.5 Å².